The molecule has 0 aliphatic heterocycles. The number of anilines is 2. The molecule has 0 saturated heterocycles. The van der Waals surface area contributed by atoms with E-state index in [0.717, 1.165) is 12.1 Å². The maximum absolute atomic E-state index is 13.0. The molecule has 0 aliphatic carbocycles. The van der Waals surface area contributed by atoms with E-state index in [2.05, 4.69) is 20.8 Å². The van der Waals surface area contributed by atoms with Crippen LogP contribution in [-0.2, 0) is 6.18 Å². The SMILES string of the molecule is COc1cc(/C=N/NC(=O)c2cccnc2Nc2cccc(C(F)(F)F)c2)cc(OC)c1OC. The van der Waals surface area contributed by atoms with Crippen molar-refractivity contribution in [3.8, 4) is 17.2 Å². The molecular weight excluding hydrogens is 453 g/mol. The molecule has 2 N–H and O–H groups in total. The van der Waals surface area contributed by atoms with Crippen molar-refractivity contribution in [1.29, 1.82) is 0 Å². The van der Waals surface area contributed by atoms with Gasteiger partial charge in [0.2, 0.25) is 5.75 Å². The van der Waals surface area contributed by atoms with Gasteiger partial charge in [-0.3, -0.25) is 4.79 Å². The van der Waals surface area contributed by atoms with Crippen molar-refractivity contribution in [3.63, 3.8) is 0 Å². The number of benzene rings is 2. The molecule has 2 aromatic carbocycles. The summed E-state index contributed by atoms with van der Waals surface area (Å²) in [5.74, 6) is 0.685. The second-order valence-electron chi connectivity index (χ2n) is 6.76. The Kier molecular flexibility index (Phi) is 7.57. The third-order valence-electron chi connectivity index (χ3n) is 4.57. The minimum Gasteiger partial charge on any atom is -0.493 e. The van der Waals surface area contributed by atoms with Gasteiger partial charge in [-0.25, -0.2) is 10.4 Å². The molecule has 0 fully saturated rings. The van der Waals surface area contributed by atoms with Gasteiger partial charge in [0.15, 0.2) is 11.5 Å². The minimum absolute atomic E-state index is 0.0716. The number of carbonyl (C=O) groups excluding carboxylic acids is 1. The predicted octanol–water partition coefficient (Wildman–Crippen LogP) is 4.63. The first kappa shape index (κ1) is 24.4. The summed E-state index contributed by atoms with van der Waals surface area (Å²) in [6.07, 6.45) is -1.71. The molecule has 34 heavy (non-hydrogen) atoms. The van der Waals surface area contributed by atoms with Gasteiger partial charge in [0.1, 0.15) is 5.82 Å². The van der Waals surface area contributed by atoms with Crippen LogP contribution in [0.4, 0.5) is 24.7 Å². The molecule has 1 aromatic heterocycles. The summed E-state index contributed by atoms with van der Waals surface area (Å²) in [6, 6.07) is 10.9. The van der Waals surface area contributed by atoms with Crippen molar-refractivity contribution < 1.29 is 32.2 Å². The van der Waals surface area contributed by atoms with Gasteiger partial charge in [-0.15, -0.1) is 0 Å². The van der Waals surface area contributed by atoms with Crippen LogP contribution < -0.4 is 25.0 Å². The van der Waals surface area contributed by atoms with Gasteiger partial charge in [-0.05, 0) is 42.5 Å². The van der Waals surface area contributed by atoms with Crippen LogP contribution in [0.25, 0.3) is 0 Å². The molecule has 3 rings (SSSR count). The molecule has 3 aromatic rings. The number of nitrogens with zero attached hydrogens (tertiary/aromatic N) is 2. The molecule has 0 unspecified atom stereocenters. The van der Waals surface area contributed by atoms with E-state index in [-0.39, 0.29) is 17.1 Å². The van der Waals surface area contributed by atoms with Crippen LogP contribution in [0, 0.1) is 0 Å². The Labute approximate surface area is 193 Å². The lowest BCUT2D eigenvalue weighted by molar-refractivity contribution is -0.137. The number of carbonyl (C=O) groups is 1. The Bertz CT molecular complexity index is 1170. The molecule has 1 amide bonds. The molecule has 1 heterocycles. The highest BCUT2D eigenvalue weighted by Gasteiger charge is 2.30. The van der Waals surface area contributed by atoms with Crippen molar-refractivity contribution >= 4 is 23.6 Å². The van der Waals surface area contributed by atoms with Crippen LogP contribution in [0.2, 0.25) is 0 Å². The number of alkyl halides is 3. The molecule has 0 bridgehead atoms. The van der Waals surface area contributed by atoms with E-state index >= 15 is 0 Å². The second-order valence-corrected chi connectivity index (χ2v) is 6.76. The average Bonchev–Trinajstić information content (AvgIpc) is 2.83. The maximum atomic E-state index is 13.0. The molecule has 0 radical (unpaired) electrons. The second kappa shape index (κ2) is 10.6. The molecule has 0 saturated carbocycles. The van der Waals surface area contributed by atoms with Gasteiger partial charge >= 0.3 is 6.18 Å². The maximum Gasteiger partial charge on any atom is 0.416 e. The summed E-state index contributed by atoms with van der Waals surface area (Å²) in [5.41, 5.74) is 2.32. The van der Waals surface area contributed by atoms with Gasteiger partial charge in [0.25, 0.3) is 5.91 Å². The zero-order valence-corrected chi connectivity index (χ0v) is 18.4. The van der Waals surface area contributed by atoms with E-state index in [1.807, 2.05) is 0 Å². The summed E-state index contributed by atoms with van der Waals surface area (Å²) >= 11 is 0. The summed E-state index contributed by atoms with van der Waals surface area (Å²) in [4.78, 5) is 16.7. The largest absolute Gasteiger partial charge is 0.493 e. The van der Waals surface area contributed by atoms with Crippen LogP contribution >= 0.6 is 0 Å². The van der Waals surface area contributed by atoms with Crippen LogP contribution in [0.3, 0.4) is 0 Å². The number of pyridine rings is 1. The van der Waals surface area contributed by atoms with Crippen LogP contribution in [0.5, 0.6) is 17.2 Å². The predicted molar refractivity (Wildman–Crippen MR) is 120 cm³/mol. The number of hydrazone groups is 1. The third-order valence-corrected chi connectivity index (χ3v) is 4.57. The Hall–Kier alpha value is -4.28. The van der Waals surface area contributed by atoms with E-state index in [0.29, 0.717) is 22.8 Å². The summed E-state index contributed by atoms with van der Waals surface area (Å²) < 4.78 is 54.8. The molecule has 0 atom stereocenters. The number of halogens is 3. The zero-order valence-electron chi connectivity index (χ0n) is 18.4. The Morgan fingerprint density at radius 3 is 2.32 bits per heavy atom. The third kappa shape index (κ3) is 5.74. The fourth-order valence-corrected chi connectivity index (χ4v) is 3.00. The normalized spacial score (nSPS) is 11.2. The fourth-order valence-electron chi connectivity index (χ4n) is 3.00. The van der Waals surface area contributed by atoms with E-state index in [1.165, 1.54) is 58.0 Å². The highest BCUT2D eigenvalue weighted by molar-refractivity contribution is 5.99. The first-order chi connectivity index (χ1) is 16.3. The number of amides is 1. The van der Waals surface area contributed by atoms with E-state index in [9.17, 15) is 18.0 Å². The highest BCUT2D eigenvalue weighted by Crippen LogP contribution is 2.37. The smallest absolute Gasteiger partial charge is 0.416 e. The molecular formula is C23H21F3N4O4. The Balaban J connectivity index is 1.78. The highest BCUT2D eigenvalue weighted by atomic mass is 19.4. The van der Waals surface area contributed by atoms with Crippen LogP contribution in [0.15, 0.2) is 59.8 Å². The Morgan fingerprint density at radius 2 is 1.71 bits per heavy atom. The van der Waals surface area contributed by atoms with Crippen LogP contribution in [-0.4, -0.2) is 38.4 Å². The molecule has 0 spiro atoms. The molecule has 8 nitrogen and oxygen atoms in total. The first-order valence-corrected chi connectivity index (χ1v) is 9.79. The quantitative estimate of drug-likeness (QED) is 0.365. The fraction of sp³-hybridized carbons (Fsp3) is 0.174. The van der Waals surface area contributed by atoms with Crippen molar-refractivity contribution in [1.82, 2.24) is 10.4 Å². The first-order valence-electron chi connectivity index (χ1n) is 9.79. The summed E-state index contributed by atoms with van der Waals surface area (Å²) in [7, 11) is 4.43. The van der Waals surface area contributed by atoms with Crippen molar-refractivity contribution in [2.24, 2.45) is 5.10 Å². The molecule has 178 valence electrons. The topological polar surface area (TPSA) is 94.1 Å². The lowest BCUT2D eigenvalue weighted by Gasteiger charge is -2.13. The summed E-state index contributed by atoms with van der Waals surface area (Å²) in [5, 5.41) is 6.68. The standard InChI is InChI=1S/C23H21F3N4O4/c1-32-18-10-14(11-19(33-2)20(18)34-3)13-28-30-22(31)17-8-5-9-27-21(17)29-16-7-4-6-15(12-16)23(24,25)26/h4-13H,1-3H3,(H,27,29)(H,30,31)/b28-13+. The van der Waals surface area contributed by atoms with E-state index in [4.69, 9.17) is 14.2 Å². The Morgan fingerprint density at radius 1 is 1.00 bits per heavy atom. The lowest BCUT2D eigenvalue weighted by atomic mass is 10.2. The number of nitrogens with one attached hydrogen (secondary N) is 2. The number of hydrogen-bond acceptors (Lipinski definition) is 7. The minimum atomic E-state index is -4.50. The van der Waals surface area contributed by atoms with Gasteiger partial charge in [0.05, 0.1) is 38.7 Å². The van der Waals surface area contributed by atoms with Crippen molar-refractivity contribution in [3.05, 3.63) is 71.4 Å². The molecule has 11 heteroatoms. The van der Waals surface area contributed by atoms with Crippen molar-refractivity contribution in [2.45, 2.75) is 6.18 Å². The lowest BCUT2D eigenvalue weighted by Crippen LogP contribution is -2.19. The number of hydrogen-bond donors (Lipinski definition) is 2. The average molecular weight is 474 g/mol. The van der Waals surface area contributed by atoms with Crippen molar-refractivity contribution in [2.75, 3.05) is 26.6 Å². The zero-order chi connectivity index (χ0) is 24.7. The number of methoxy groups -OCH3 is 3. The number of aromatic nitrogens is 1. The molecule has 0 aliphatic rings. The number of ether oxygens (including phenoxy) is 3. The van der Waals surface area contributed by atoms with Gasteiger partial charge in [-0.2, -0.15) is 18.3 Å². The summed E-state index contributed by atoms with van der Waals surface area (Å²) in [6.45, 7) is 0. The van der Waals surface area contributed by atoms with Gasteiger partial charge in [0, 0.05) is 17.4 Å². The monoisotopic (exact) mass is 474 g/mol. The van der Waals surface area contributed by atoms with Gasteiger partial charge in [-0.1, -0.05) is 6.07 Å². The number of rotatable bonds is 8. The van der Waals surface area contributed by atoms with E-state index < -0.39 is 17.6 Å². The van der Waals surface area contributed by atoms with E-state index in [1.54, 1.807) is 12.1 Å². The van der Waals surface area contributed by atoms with Crippen LogP contribution in [0.1, 0.15) is 21.5 Å². The van der Waals surface area contributed by atoms with Gasteiger partial charge < -0.3 is 19.5 Å².